The number of hydrogen-bond acceptors (Lipinski definition) is 3. The van der Waals surface area contributed by atoms with E-state index >= 15 is 0 Å². The molecule has 2 rings (SSSR count). The molecule has 1 aromatic rings. The van der Waals surface area contributed by atoms with Gasteiger partial charge in [-0.1, -0.05) is 11.6 Å². The Hall–Kier alpha value is -1.28. The minimum absolute atomic E-state index is 0.0209. The fourth-order valence-electron chi connectivity index (χ4n) is 2.75. The molecule has 1 saturated heterocycles. The van der Waals surface area contributed by atoms with Gasteiger partial charge >= 0.3 is 6.18 Å². The maximum Gasteiger partial charge on any atom is 0.416 e. The summed E-state index contributed by atoms with van der Waals surface area (Å²) >= 11 is 5.87. The maximum atomic E-state index is 12.6. The molecular weight excluding hydrogens is 367 g/mol. The maximum absolute atomic E-state index is 12.6. The van der Waals surface area contributed by atoms with Crippen molar-refractivity contribution >= 4 is 33.0 Å². The molecule has 0 saturated carbocycles. The summed E-state index contributed by atoms with van der Waals surface area (Å²) in [6.45, 7) is 0. The Morgan fingerprint density at radius 3 is 2.58 bits per heavy atom. The van der Waals surface area contributed by atoms with Gasteiger partial charge in [0.15, 0.2) is 9.84 Å². The Morgan fingerprint density at radius 2 is 2.04 bits per heavy atom. The lowest BCUT2D eigenvalue weighted by molar-refractivity contribution is -0.137. The van der Waals surface area contributed by atoms with E-state index in [1.165, 1.54) is 11.9 Å². The number of amides is 1. The molecule has 1 aliphatic rings. The summed E-state index contributed by atoms with van der Waals surface area (Å²) in [6.07, 6.45) is -3.33. The number of rotatable bonds is 3. The van der Waals surface area contributed by atoms with Crippen LogP contribution in [0.5, 0.6) is 0 Å². The molecule has 1 unspecified atom stereocenters. The average Bonchev–Trinajstić information content (AvgIpc) is 2.44. The molecule has 0 spiro atoms. The van der Waals surface area contributed by atoms with Gasteiger partial charge in [0, 0.05) is 13.5 Å². The van der Waals surface area contributed by atoms with Gasteiger partial charge in [-0.25, -0.2) is 8.42 Å². The Bertz CT molecular complexity index is 734. The molecule has 1 atom stereocenters. The smallest absolute Gasteiger partial charge is 0.314 e. The predicted molar refractivity (Wildman–Crippen MR) is 85.9 cm³/mol. The Morgan fingerprint density at radius 1 is 1.38 bits per heavy atom. The SMILES string of the molecule is CN(C(=O)CC1CCCS(=O)(=O)C1)c1ccc(C(F)(F)F)cc1Cl. The normalized spacial score (nSPS) is 20.6. The molecular formula is C15H17ClF3NO3S. The van der Waals surface area contributed by atoms with Crippen molar-refractivity contribution in [2.45, 2.75) is 25.4 Å². The van der Waals surface area contributed by atoms with Crippen LogP contribution in [0.3, 0.4) is 0 Å². The van der Waals surface area contributed by atoms with E-state index in [1.807, 2.05) is 0 Å². The summed E-state index contributed by atoms with van der Waals surface area (Å²) < 4.78 is 61.2. The molecule has 0 bridgehead atoms. The number of sulfone groups is 1. The average molecular weight is 384 g/mol. The molecule has 1 fully saturated rings. The van der Waals surface area contributed by atoms with E-state index in [9.17, 15) is 26.4 Å². The van der Waals surface area contributed by atoms with Gasteiger partial charge < -0.3 is 4.90 Å². The highest BCUT2D eigenvalue weighted by atomic mass is 35.5. The molecule has 1 heterocycles. The van der Waals surface area contributed by atoms with Crippen LogP contribution in [0.4, 0.5) is 18.9 Å². The number of carbonyl (C=O) groups is 1. The van der Waals surface area contributed by atoms with Gasteiger partial charge in [0.2, 0.25) is 5.91 Å². The van der Waals surface area contributed by atoms with Crippen LogP contribution < -0.4 is 4.90 Å². The van der Waals surface area contributed by atoms with Gasteiger partial charge in [-0.15, -0.1) is 0 Å². The molecule has 0 N–H and O–H groups in total. The highest BCUT2D eigenvalue weighted by Crippen LogP contribution is 2.35. The molecule has 0 aliphatic carbocycles. The molecule has 134 valence electrons. The zero-order valence-corrected chi connectivity index (χ0v) is 14.5. The largest absolute Gasteiger partial charge is 0.416 e. The zero-order valence-electron chi connectivity index (χ0n) is 12.9. The summed E-state index contributed by atoms with van der Waals surface area (Å²) in [4.78, 5) is 13.5. The van der Waals surface area contributed by atoms with Crippen LogP contribution in [0.1, 0.15) is 24.8 Å². The number of alkyl halides is 3. The lowest BCUT2D eigenvalue weighted by Crippen LogP contribution is -2.33. The monoisotopic (exact) mass is 383 g/mol. The van der Waals surface area contributed by atoms with E-state index in [0.29, 0.717) is 12.8 Å². The fraction of sp³-hybridized carbons (Fsp3) is 0.533. The Labute approximate surface area is 143 Å². The van der Waals surface area contributed by atoms with Crippen LogP contribution in [0.25, 0.3) is 0 Å². The number of benzene rings is 1. The number of nitrogens with zero attached hydrogens (tertiary/aromatic N) is 1. The third-order valence-electron chi connectivity index (χ3n) is 4.03. The van der Waals surface area contributed by atoms with E-state index in [1.54, 1.807) is 0 Å². The molecule has 4 nitrogen and oxygen atoms in total. The minimum Gasteiger partial charge on any atom is -0.314 e. The van der Waals surface area contributed by atoms with Crippen molar-refractivity contribution < 1.29 is 26.4 Å². The first-order chi connectivity index (χ1) is 11.0. The van der Waals surface area contributed by atoms with Gasteiger partial charge in [0.25, 0.3) is 0 Å². The van der Waals surface area contributed by atoms with Crippen molar-refractivity contribution in [1.82, 2.24) is 0 Å². The van der Waals surface area contributed by atoms with Crippen molar-refractivity contribution in [2.24, 2.45) is 5.92 Å². The molecule has 0 aromatic heterocycles. The molecule has 1 aromatic carbocycles. The van der Waals surface area contributed by atoms with E-state index in [4.69, 9.17) is 11.6 Å². The first kappa shape index (κ1) is 19.1. The van der Waals surface area contributed by atoms with Gasteiger partial charge in [-0.05, 0) is 37.0 Å². The van der Waals surface area contributed by atoms with E-state index in [-0.39, 0.29) is 40.5 Å². The summed E-state index contributed by atoms with van der Waals surface area (Å²) in [6, 6.07) is 2.77. The summed E-state index contributed by atoms with van der Waals surface area (Å²) in [5.74, 6) is -0.545. The number of anilines is 1. The second-order valence-electron chi connectivity index (χ2n) is 5.94. The number of halogens is 4. The van der Waals surface area contributed by atoms with E-state index in [0.717, 1.165) is 18.2 Å². The minimum atomic E-state index is -4.51. The van der Waals surface area contributed by atoms with Crippen LogP contribution in [-0.4, -0.2) is 32.9 Å². The van der Waals surface area contributed by atoms with Gasteiger partial charge in [-0.3, -0.25) is 4.79 Å². The molecule has 24 heavy (non-hydrogen) atoms. The molecule has 0 radical (unpaired) electrons. The van der Waals surface area contributed by atoms with Gasteiger partial charge in [0.1, 0.15) is 0 Å². The lowest BCUT2D eigenvalue weighted by Gasteiger charge is -2.25. The molecule has 1 amide bonds. The first-order valence-corrected chi connectivity index (χ1v) is 9.53. The van der Waals surface area contributed by atoms with Crippen LogP contribution in [0.15, 0.2) is 18.2 Å². The Kier molecular flexibility index (Phi) is 5.49. The standard InChI is InChI=1S/C15H17ClF3NO3S/c1-20(13-5-4-11(8-12(13)16)15(17,18)19)14(21)7-10-3-2-6-24(22,23)9-10/h4-5,8,10H,2-3,6-7,9H2,1H3. The van der Waals surface area contributed by atoms with Crippen molar-refractivity contribution in [2.75, 3.05) is 23.5 Å². The van der Waals surface area contributed by atoms with E-state index in [2.05, 4.69) is 0 Å². The molecule has 1 aliphatic heterocycles. The Balaban J connectivity index is 2.11. The quantitative estimate of drug-likeness (QED) is 0.802. The second kappa shape index (κ2) is 6.92. The third kappa shape index (κ3) is 4.63. The lowest BCUT2D eigenvalue weighted by atomic mass is 10.0. The zero-order chi connectivity index (χ0) is 18.1. The fourth-order valence-corrected chi connectivity index (χ4v) is 4.84. The van der Waals surface area contributed by atoms with Gasteiger partial charge in [-0.2, -0.15) is 13.2 Å². The third-order valence-corrected chi connectivity index (χ3v) is 6.22. The summed E-state index contributed by atoms with van der Waals surface area (Å²) in [7, 11) is -1.71. The summed E-state index contributed by atoms with van der Waals surface area (Å²) in [5, 5.41) is -0.183. The topological polar surface area (TPSA) is 54.5 Å². The van der Waals surface area contributed by atoms with Gasteiger partial charge in [0.05, 0.1) is 27.8 Å². The van der Waals surface area contributed by atoms with Crippen LogP contribution in [-0.2, 0) is 20.8 Å². The highest BCUT2D eigenvalue weighted by molar-refractivity contribution is 7.91. The van der Waals surface area contributed by atoms with Crippen molar-refractivity contribution in [1.29, 1.82) is 0 Å². The number of carbonyl (C=O) groups excluding carboxylic acids is 1. The van der Waals surface area contributed by atoms with Crippen molar-refractivity contribution in [3.8, 4) is 0 Å². The van der Waals surface area contributed by atoms with E-state index < -0.39 is 21.6 Å². The summed E-state index contributed by atoms with van der Waals surface area (Å²) in [5.41, 5.74) is -0.733. The van der Waals surface area contributed by atoms with Crippen molar-refractivity contribution in [3.05, 3.63) is 28.8 Å². The first-order valence-electron chi connectivity index (χ1n) is 7.33. The number of hydrogen-bond donors (Lipinski definition) is 0. The van der Waals surface area contributed by atoms with Crippen LogP contribution in [0.2, 0.25) is 5.02 Å². The second-order valence-corrected chi connectivity index (χ2v) is 8.58. The highest BCUT2D eigenvalue weighted by Gasteiger charge is 2.32. The van der Waals surface area contributed by atoms with Crippen LogP contribution >= 0.6 is 11.6 Å². The predicted octanol–water partition coefficient (Wildman–Crippen LogP) is 3.54. The van der Waals surface area contributed by atoms with Crippen LogP contribution in [0, 0.1) is 5.92 Å². The van der Waals surface area contributed by atoms with Crippen molar-refractivity contribution in [3.63, 3.8) is 0 Å². The molecule has 9 heteroatoms.